The van der Waals surface area contributed by atoms with Crippen LogP contribution in [0.15, 0.2) is 30.3 Å². The average Bonchev–Trinajstić information content (AvgIpc) is 2.94. The van der Waals surface area contributed by atoms with E-state index in [-0.39, 0.29) is 11.8 Å². The van der Waals surface area contributed by atoms with Gasteiger partial charge in [0.2, 0.25) is 5.91 Å². The van der Waals surface area contributed by atoms with E-state index in [0.29, 0.717) is 12.2 Å². The Labute approximate surface area is 179 Å². The summed E-state index contributed by atoms with van der Waals surface area (Å²) < 4.78 is 2.97. The first-order chi connectivity index (χ1) is 14.0. The van der Waals surface area contributed by atoms with Crippen molar-refractivity contribution in [3.63, 3.8) is 0 Å². The van der Waals surface area contributed by atoms with Crippen LogP contribution in [0.3, 0.4) is 0 Å². The van der Waals surface area contributed by atoms with Gasteiger partial charge in [-0.2, -0.15) is 0 Å². The smallest absolute Gasteiger partial charge is 0.272 e. The lowest BCUT2D eigenvalue weighted by Gasteiger charge is -2.30. The Balaban J connectivity index is 2.07. The number of quaternary nitrogens is 1. The summed E-state index contributed by atoms with van der Waals surface area (Å²) in [5.74, 6) is 0.303. The van der Waals surface area contributed by atoms with E-state index in [9.17, 15) is 9.59 Å². The maximum atomic E-state index is 13.4. The molecule has 3 rings (SSSR count). The highest BCUT2D eigenvalue weighted by atomic mass is 16.2. The number of hydrogen-bond donors (Lipinski definition) is 2. The lowest BCUT2D eigenvalue weighted by Crippen LogP contribution is -2.53. The van der Waals surface area contributed by atoms with Crippen molar-refractivity contribution in [1.82, 2.24) is 20.2 Å². The summed E-state index contributed by atoms with van der Waals surface area (Å²) in [6.45, 7) is 8.38. The second-order valence-corrected chi connectivity index (χ2v) is 9.81. The molecule has 30 heavy (non-hydrogen) atoms. The molecule has 0 aliphatic carbocycles. The van der Waals surface area contributed by atoms with Crippen molar-refractivity contribution in [3.8, 4) is 11.4 Å². The van der Waals surface area contributed by atoms with E-state index in [1.54, 1.807) is 7.05 Å². The van der Waals surface area contributed by atoms with Crippen LogP contribution in [0.5, 0.6) is 0 Å². The topological polar surface area (TPSA) is 76.0 Å². The molecule has 1 aliphatic rings. The van der Waals surface area contributed by atoms with Gasteiger partial charge in [-0.05, 0) is 5.41 Å². The average molecular weight is 413 g/mol. The fourth-order valence-corrected chi connectivity index (χ4v) is 4.04. The second-order valence-electron chi connectivity index (χ2n) is 9.81. The van der Waals surface area contributed by atoms with Crippen molar-refractivity contribution >= 4 is 11.8 Å². The molecule has 2 amide bonds. The molecule has 1 aromatic carbocycles. The molecule has 0 radical (unpaired) electrons. The predicted octanol–water partition coefficient (Wildman–Crippen LogP) is 2.42. The Morgan fingerprint density at radius 2 is 1.83 bits per heavy atom. The van der Waals surface area contributed by atoms with Crippen molar-refractivity contribution in [2.24, 2.45) is 5.41 Å². The molecule has 0 unspecified atom stereocenters. The zero-order valence-corrected chi connectivity index (χ0v) is 19.0. The standard InChI is InChI=1S/C23H33N5O2/c1-23(2,3)19(22(30)24-4)26-21(29)18-17-15-28(5,6)14-10-13-27(17)20(25-18)16-11-8-7-9-12-16/h7-9,11-12,19H,10,13-15H2,1-6H3,(H-,24,26,29,30)/p+1/t19-/m1/s1. The predicted molar refractivity (Wildman–Crippen MR) is 118 cm³/mol. The second kappa shape index (κ2) is 8.22. The van der Waals surface area contributed by atoms with Crippen LogP contribution in [-0.2, 0) is 17.9 Å². The van der Waals surface area contributed by atoms with Gasteiger partial charge in [0.25, 0.3) is 5.91 Å². The summed E-state index contributed by atoms with van der Waals surface area (Å²) in [6.07, 6.45) is 1.01. The Kier molecular flexibility index (Phi) is 6.04. The molecule has 0 saturated carbocycles. The minimum absolute atomic E-state index is 0.208. The number of amides is 2. The molecule has 2 aromatic rings. The van der Waals surface area contributed by atoms with E-state index < -0.39 is 11.5 Å². The molecule has 2 heterocycles. The quantitative estimate of drug-likeness (QED) is 0.758. The van der Waals surface area contributed by atoms with Gasteiger partial charge in [0.15, 0.2) is 5.69 Å². The lowest BCUT2D eigenvalue weighted by atomic mass is 9.86. The Bertz CT molecular complexity index is 925. The number of hydrogen-bond acceptors (Lipinski definition) is 3. The van der Waals surface area contributed by atoms with Crippen LogP contribution in [0, 0.1) is 5.41 Å². The highest BCUT2D eigenvalue weighted by Crippen LogP contribution is 2.28. The maximum absolute atomic E-state index is 13.4. The molecule has 0 spiro atoms. The monoisotopic (exact) mass is 412 g/mol. The fraction of sp³-hybridized carbons (Fsp3) is 0.522. The molecule has 0 bridgehead atoms. The number of nitrogens with one attached hydrogen (secondary N) is 2. The third kappa shape index (κ3) is 4.56. The van der Waals surface area contributed by atoms with Gasteiger partial charge < -0.3 is 19.7 Å². The molecular formula is C23H34N5O2+. The van der Waals surface area contributed by atoms with Crippen molar-refractivity contribution in [2.75, 3.05) is 27.7 Å². The summed E-state index contributed by atoms with van der Waals surface area (Å²) in [7, 11) is 5.94. The van der Waals surface area contributed by atoms with Crippen molar-refractivity contribution in [3.05, 3.63) is 41.7 Å². The van der Waals surface area contributed by atoms with Gasteiger partial charge in [0, 0.05) is 25.6 Å². The minimum Gasteiger partial charge on any atom is -0.357 e. The van der Waals surface area contributed by atoms with E-state index in [4.69, 9.17) is 4.98 Å². The van der Waals surface area contributed by atoms with Crippen LogP contribution >= 0.6 is 0 Å². The summed E-state index contributed by atoms with van der Waals surface area (Å²) in [5, 5.41) is 5.62. The molecule has 1 aromatic heterocycles. The summed E-state index contributed by atoms with van der Waals surface area (Å²) >= 11 is 0. The van der Waals surface area contributed by atoms with Crippen LogP contribution in [0.2, 0.25) is 0 Å². The number of carbonyl (C=O) groups excluding carboxylic acids is 2. The Morgan fingerprint density at radius 1 is 1.17 bits per heavy atom. The van der Waals surface area contributed by atoms with Crippen LogP contribution in [0.4, 0.5) is 0 Å². The van der Waals surface area contributed by atoms with Gasteiger partial charge in [0.05, 0.1) is 20.6 Å². The van der Waals surface area contributed by atoms with E-state index in [1.165, 1.54) is 0 Å². The zero-order chi connectivity index (χ0) is 22.1. The van der Waals surface area contributed by atoms with Crippen molar-refractivity contribution < 1.29 is 14.1 Å². The first kappa shape index (κ1) is 22.0. The van der Waals surface area contributed by atoms with E-state index >= 15 is 0 Å². The van der Waals surface area contributed by atoms with Crippen molar-refractivity contribution in [1.29, 1.82) is 0 Å². The number of rotatable bonds is 4. The number of fused-ring (bicyclic) bond motifs is 1. The molecule has 2 N–H and O–H groups in total. The van der Waals surface area contributed by atoms with E-state index in [2.05, 4.69) is 29.3 Å². The molecule has 0 saturated heterocycles. The fourth-order valence-electron chi connectivity index (χ4n) is 4.04. The third-order valence-corrected chi connectivity index (χ3v) is 5.69. The van der Waals surface area contributed by atoms with Crippen LogP contribution in [0.25, 0.3) is 11.4 Å². The Morgan fingerprint density at radius 3 is 2.43 bits per heavy atom. The molecule has 162 valence electrons. The normalized spacial score (nSPS) is 16.9. The van der Waals surface area contributed by atoms with Gasteiger partial charge in [0.1, 0.15) is 24.1 Å². The molecule has 7 heteroatoms. The van der Waals surface area contributed by atoms with Gasteiger partial charge in [-0.15, -0.1) is 0 Å². The number of benzene rings is 1. The Hall–Kier alpha value is -2.67. The summed E-state index contributed by atoms with van der Waals surface area (Å²) in [4.78, 5) is 30.6. The highest BCUT2D eigenvalue weighted by Gasteiger charge is 2.36. The molecule has 1 atom stereocenters. The van der Waals surface area contributed by atoms with E-state index in [1.807, 2.05) is 51.1 Å². The first-order valence-corrected chi connectivity index (χ1v) is 10.5. The first-order valence-electron chi connectivity index (χ1n) is 10.5. The van der Waals surface area contributed by atoms with Crippen molar-refractivity contribution in [2.45, 2.75) is 46.3 Å². The van der Waals surface area contributed by atoms with Crippen LogP contribution in [-0.4, -0.2) is 59.6 Å². The minimum atomic E-state index is -0.652. The number of nitrogens with zero attached hydrogens (tertiary/aromatic N) is 3. The highest BCUT2D eigenvalue weighted by molar-refractivity contribution is 5.97. The van der Waals surface area contributed by atoms with Gasteiger partial charge in [-0.25, -0.2) is 4.98 Å². The molecule has 7 nitrogen and oxygen atoms in total. The largest absolute Gasteiger partial charge is 0.357 e. The zero-order valence-electron chi connectivity index (χ0n) is 19.0. The number of likely N-dealkylation sites (N-methyl/N-ethyl adjacent to an activating group) is 1. The van der Waals surface area contributed by atoms with E-state index in [0.717, 1.165) is 41.1 Å². The number of carbonyl (C=O) groups is 2. The van der Waals surface area contributed by atoms with Gasteiger partial charge in [-0.1, -0.05) is 51.1 Å². The third-order valence-electron chi connectivity index (χ3n) is 5.69. The molecule has 1 aliphatic heterocycles. The molecular weight excluding hydrogens is 378 g/mol. The number of aromatic nitrogens is 2. The SMILES string of the molecule is CNC(=O)[C@@H](NC(=O)c1nc(-c2ccccc2)n2c1C[N+](C)(C)CCC2)C(C)(C)C. The summed E-state index contributed by atoms with van der Waals surface area (Å²) in [5.41, 5.74) is 1.91. The van der Waals surface area contributed by atoms with Crippen LogP contribution in [0.1, 0.15) is 43.4 Å². The van der Waals surface area contributed by atoms with Gasteiger partial charge >= 0.3 is 0 Å². The maximum Gasteiger partial charge on any atom is 0.272 e. The summed E-state index contributed by atoms with van der Waals surface area (Å²) in [6, 6.07) is 9.32. The van der Waals surface area contributed by atoms with Crippen LogP contribution < -0.4 is 10.6 Å². The number of imidazole rings is 1. The lowest BCUT2D eigenvalue weighted by molar-refractivity contribution is -0.903. The van der Waals surface area contributed by atoms with Gasteiger partial charge in [-0.3, -0.25) is 9.59 Å². The molecule has 0 fully saturated rings.